The molecule has 102 valence electrons. The van der Waals surface area contributed by atoms with E-state index < -0.39 is 4.92 Å². The summed E-state index contributed by atoms with van der Waals surface area (Å²) in [6, 6.07) is 12.9. The molecule has 2 rings (SSSR count). The van der Waals surface area contributed by atoms with Crippen LogP contribution in [-0.2, 0) is 0 Å². The number of carbonyl (C=O) groups is 1. The highest BCUT2D eigenvalue weighted by atomic mass is 35.5. The molecule has 4 nitrogen and oxygen atoms in total. The molecule has 0 saturated carbocycles. The third kappa shape index (κ3) is 3.82. The second kappa shape index (κ2) is 6.54. The third-order valence-electron chi connectivity index (χ3n) is 2.56. The van der Waals surface area contributed by atoms with Crippen LogP contribution in [0.5, 0.6) is 0 Å². The first-order valence-corrected chi connectivity index (χ1v) is 7.08. The van der Waals surface area contributed by atoms with Crippen LogP contribution >= 0.6 is 23.4 Å². The SMILES string of the molecule is O=C(CSc1ccc([N+](=O)[O-])cc1)c1cccc(Cl)c1. The average Bonchev–Trinajstić information content (AvgIpc) is 2.45. The van der Waals surface area contributed by atoms with Crippen LogP contribution in [0.15, 0.2) is 53.4 Å². The summed E-state index contributed by atoms with van der Waals surface area (Å²) in [7, 11) is 0. The van der Waals surface area contributed by atoms with E-state index in [1.807, 2.05) is 0 Å². The van der Waals surface area contributed by atoms with Gasteiger partial charge >= 0.3 is 0 Å². The van der Waals surface area contributed by atoms with Crippen molar-refractivity contribution in [3.05, 3.63) is 69.2 Å². The fourth-order valence-corrected chi connectivity index (χ4v) is 2.54. The Bertz CT molecular complexity index is 643. The Morgan fingerprint density at radius 1 is 1.20 bits per heavy atom. The van der Waals surface area contributed by atoms with Gasteiger partial charge in [0.05, 0.1) is 10.7 Å². The van der Waals surface area contributed by atoms with E-state index in [1.54, 1.807) is 36.4 Å². The minimum Gasteiger partial charge on any atom is -0.293 e. The molecule has 20 heavy (non-hydrogen) atoms. The number of nitro groups is 1. The van der Waals surface area contributed by atoms with Gasteiger partial charge in [0.15, 0.2) is 5.78 Å². The van der Waals surface area contributed by atoms with E-state index in [1.165, 1.54) is 23.9 Å². The number of carbonyl (C=O) groups excluding carboxylic acids is 1. The molecule has 0 spiro atoms. The van der Waals surface area contributed by atoms with Crippen LogP contribution < -0.4 is 0 Å². The second-order valence-electron chi connectivity index (χ2n) is 3.97. The fourth-order valence-electron chi connectivity index (χ4n) is 1.56. The Balaban J connectivity index is 1.98. The lowest BCUT2D eigenvalue weighted by atomic mass is 10.1. The summed E-state index contributed by atoms with van der Waals surface area (Å²) < 4.78 is 0. The zero-order valence-electron chi connectivity index (χ0n) is 10.3. The predicted octanol–water partition coefficient (Wildman–Crippen LogP) is 4.22. The summed E-state index contributed by atoms with van der Waals surface area (Å²) >= 11 is 7.16. The van der Waals surface area contributed by atoms with Crippen molar-refractivity contribution in [2.45, 2.75) is 4.90 Å². The molecule has 0 amide bonds. The molecule has 0 aliphatic carbocycles. The van der Waals surface area contributed by atoms with Crippen molar-refractivity contribution in [3.8, 4) is 0 Å². The number of ketones is 1. The van der Waals surface area contributed by atoms with Crippen LogP contribution in [0, 0.1) is 10.1 Å². The first-order valence-electron chi connectivity index (χ1n) is 5.72. The van der Waals surface area contributed by atoms with Crippen molar-refractivity contribution in [2.24, 2.45) is 0 Å². The highest BCUT2D eigenvalue weighted by molar-refractivity contribution is 8.00. The van der Waals surface area contributed by atoms with Crippen LogP contribution in [0.25, 0.3) is 0 Å². The number of Topliss-reactive ketones (excluding diaryl/α,β-unsaturated/α-hetero) is 1. The molecule has 0 N–H and O–H groups in total. The Morgan fingerprint density at radius 3 is 2.50 bits per heavy atom. The molecule has 0 aliphatic heterocycles. The van der Waals surface area contributed by atoms with Gasteiger partial charge in [0.2, 0.25) is 0 Å². The summed E-state index contributed by atoms with van der Waals surface area (Å²) in [5.41, 5.74) is 0.599. The first kappa shape index (κ1) is 14.6. The van der Waals surface area contributed by atoms with Gasteiger partial charge in [-0.3, -0.25) is 14.9 Å². The normalized spacial score (nSPS) is 10.2. The zero-order chi connectivity index (χ0) is 14.5. The van der Waals surface area contributed by atoms with Crippen LogP contribution in [0.3, 0.4) is 0 Å². The van der Waals surface area contributed by atoms with Crippen LogP contribution in [0.2, 0.25) is 5.02 Å². The van der Waals surface area contributed by atoms with Crippen molar-refractivity contribution in [1.29, 1.82) is 0 Å². The highest BCUT2D eigenvalue weighted by Crippen LogP contribution is 2.22. The van der Waals surface area contributed by atoms with Gasteiger partial charge in [-0.15, -0.1) is 11.8 Å². The van der Waals surface area contributed by atoms with E-state index in [0.717, 1.165) is 4.90 Å². The minimum absolute atomic E-state index is 0.0316. The van der Waals surface area contributed by atoms with Crippen LogP contribution in [-0.4, -0.2) is 16.5 Å². The van der Waals surface area contributed by atoms with Gasteiger partial charge in [-0.1, -0.05) is 23.7 Å². The van der Waals surface area contributed by atoms with Crippen LogP contribution in [0.1, 0.15) is 10.4 Å². The van der Waals surface area contributed by atoms with Crippen molar-refractivity contribution in [1.82, 2.24) is 0 Å². The van der Waals surface area contributed by atoms with Crippen molar-refractivity contribution < 1.29 is 9.72 Å². The van der Waals surface area contributed by atoms with Gasteiger partial charge in [0.1, 0.15) is 0 Å². The molecule has 0 aliphatic rings. The molecular formula is C14H10ClNO3S. The maximum absolute atomic E-state index is 12.0. The molecule has 6 heteroatoms. The quantitative estimate of drug-likeness (QED) is 0.359. The molecule has 2 aromatic carbocycles. The summed E-state index contributed by atoms with van der Waals surface area (Å²) in [5, 5.41) is 11.1. The molecule has 0 radical (unpaired) electrons. The number of hydrogen-bond acceptors (Lipinski definition) is 4. The molecular weight excluding hydrogens is 298 g/mol. The molecule has 0 unspecified atom stereocenters. The molecule has 0 atom stereocenters. The van der Waals surface area contributed by atoms with E-state index in [4.69, 9.17) is 11.6 Å². The maximum Gasteiger partial charge on any atom is 0.269 e. The van der Waals surface area contributed by atoms with Crippen molar-refractivity contribution in [2.75, 3.05) is 5.75 Å². The third-order valence-corrected chi connectivity index (χ3v) is 3.81. The number of nitrogens with zero attached hydrogens (tertiary/aromatic N) is 1. The summed E-state index contributed by atoms with van der Waals surface area (Å²) in [6.07, 6.45) is 0. The number of non-ortho nitro benzene ring substituents is 1. The van der Waals surface area contributed by atoms with Crippen LogP contribution in [0.4, 0.5) is 5.69 Å². The topological polar surface area (TPSA) is 60.2 Å². The number of hydrogen-bond donors (Lipinski definition) is 0. The van der Waals surface area contributed by atoms with E-state index >= 15 is 0 Å². The molecule has 2 aromatic rings. The van der Waals surface area contributed by atoms with E-state index in [2.05, 4.69) is 0 Å². The van der Waals surface area contributed by atoms with Gasteiger partial charge in [-0.2, -0.15) is 0 Å². The zero-order valence-corrected chi connectivity index (χ0v) is 11.9. The minimum atomic E-state index is -0.453. The summed E-state index contributed by atoms with van der Waals surface area (Å²) in [4.78, 5) is 22.8. The smallest absolute Gasteiger partial charge is 0.269 e. The molecule has 0 heterocycles. The van der Waals surface area contributed by atoms with Crippen molar-refractivity contribution >= 4 is 34.8 Å². The number of benzene rings is 2. The van der Waals surface area contributed by atoms with Gasteiger partial charge in [-0.25, -0.2) is 0 Å². The molecule has 0 aromatic heterocycles. The fraction of sp³-hybridized carbons (Fsp3) is 0.0714. The van der Waals surface area contributed by atoms with Gasteiger partial charge in [-0.05, 0) is 24.3 Å². The largest absolute Gasteiger partial charge is 0.293 e. The standard InChI is InChI=1S/C14H10ClNO3S/c15-11-3-1-2-10(8-11)14(17)9-20-13-6-4-12(5-7-13)16(18)19/h1-8H,9H2. The highest BCUT2D eigenvalue weighted by Gasteiger charge is 2.08. The first-order chi connectivity index (χ1) is 9.56. The molecule has 0 saturated heterocycles. The maximum atomic E-state index is 12.0. The second-order valence-corrected chi connectivity index (χ2v) is 5.46. The predicted molar refractivity (Wildman–Crippen MR) is 79.6 cm³/mol. The summed E-state index contributed by atoms with van der Waals surface area (Å²) in [5.74, 6) is 0.230. The van der Waals surface area contributed by atoms with E-state index in [0.29, 0.717) is 10.6 Å². The van der Waals surface area contributed by atoms with Gasteiger partial charge in [0, 0.05) is 27.6 Å². The molecule has 0 fully saturated rings. The lowest BCUT2D eigenvalue weighted by Gasteiger charge is -2.02. The lowest BCUT2D eigenvalue weighted by molar-refractivity contribution is -0.384. The van der Waals surface area contributed by atoms with Crippen molar-refractivity contribution in [3.63, 3.8) is 0 Å². The Morgan fingerprint density at radius 2 is 1.90 bits per heavy atom. The Labute approximate surface area is 124 Å². The number of nitro benzene ring substituents is 1. The molecule has 0 bridgehead atoms. The van der Waals surface area contributed by atoms with E-state index in [-0.39, 0.29) is 17.2 Å². The number of thioether (sulfide) groups is 1. The summed E-state index contributed by atoms with van der Waals surface area (Å²) in [6.45, 7) is 0. The average molecular weight is 308 g/mol. The monoisotopic (exact) mass is 307 g/mol. The number of rotatable bonds is 5. The Kier molecular flexibility index (Phi) is 4.76. The van der Waals surface area contributed by atoms with Gasteiger partial charge in [0.25, 0.3) is 5.69 Å². The van der Waals surface area contributed by atoms with Gasteiger partial charge < -0.3 is 0 Å². The lowest BCUT2D eigenvalue weighted by Crippen LogP contribution is -2.01. The Hall–Kier alpha value is -1.85. The van der Waals surface area contributed by atoms with E-state index in [9.17, 15) is 14.9 Å². The number of halogens is 1.